The topological polar surface area (TPSA) is 52.3 Å². The van der Waals surface area contributed by atoms with Crippen LogP contribution < -0.4 is 4.74 Å². The van der Waals surface area contributed by atoms with Gasteiger partial charge >= 0.3 is 0 Å². The molecule has 0 aliphatic carbocycles. The van der Waals surface area contributed by atoms with E-state index in [1.165, 1.54) is 0 Å². The van der Waals surface area contributed by atoms with E-state index in [1.54, 1.807) is 30.1 Å². The first-order valence-electron chi connectivity index (χ1n) is 5.21. The summed E-state index contributed by atoms with van der Waals surface area (Å²) in [5.41, 5.74) is 1.41. The fourth-order valence-electron chi connectivity index (χ4n) is 1.64. The van der Waals surface area contributed by atoms with Crippen molar-refractivity contribution in [2.45, 2.75) is 0 Å². The Morgan fingerprint density at radius 2 is 2.33 bits per heavy atom. The highest BCUT2D eigenvalue weighted by atomic mass is 79.9. The molecule has 1 radical (unpaired) electrons. The molecule has 6 heteroatoms. The molecular weight excluding hydrogens is 296 g/mol. The minimum absolute atomic E-state index is 0.562. The molecule has 3 rings (SSSR count). The predicted octanol–water partition coefficient (Wildman–Crippen LogP) is 2.36. The molecule has 89 valence electrons. The van der Waals surface area contributed by atoms with Crippen molar-refractivity contribution in [1.29, 1.82) is 0 Å². The summed E-state index contributed by atoms with van der Waals surface area (Å²) in [6.07, 6.45) is 3.40. The Morgan fingerprint density at radius 3 is 3.17 bits per heavy atom. The summed E-state index contributed by atoms with van der Waals surface area (Å²) in [7, 11) is 1.61. The highest BCUT2D eigenvalue weighted by molar-refractivity contribution is 9.10. The molecule has 0 atom stereocenters. The van der Waals surface area contributed by atoms with E-state index in [0.717, 1.165) is 5.56 Å². The van der Waals surface area contributed by atoms with Gasteiger partial charge in [0.1, 0.15) is 10.4 Å². The summed E-state index contributed by atoms with van der Waals surface area (Å²) in [5.74, 6) is 1.26. The van der Waals surface area contributed by atoms with Gasteiger partial charge in [0.2, 0.25) is 0 Å². The minimum Gasteiger partial charge on any atom is -0.496 e. The molecule has 0 unspecified atom stereocenters. The third-order valence-corrected chi connectivity index (χ3v) is 2.86. The number of nitrogens with zero attached hydrogens (tertiary/aromatic N) is 4. The van der Waals surface area contributed by atoms with E-state index in [0.29, 0.717) is 21.8 Å². The summed E-state index contributed by atoms with van der Waals surface area (Å²) in [6, 6.07) is 8.60. The molecule has 0 spiro atoms. The van der Waals surface area contributed by atoms with Gasteiger partial charge in [-0.1, -0.05) is 12.1 Å². The lowest BCUT2D eigenvalue weighted by atomic mass is 10.2. The zero-order valence-electron chi connectivity index (χ0n) is 9.46. The number of hydrogen-bond acceptors (Lipinski definition) is 4. The molecule has 2 heterocycles. The summed E-state index contributed by atoms with van der Waals surface area (Å²) in [6.45, 7) is 0. The molecule has 0 N–H and O–H groups in total. The first kappa shape index (κ1) is 11.2. The average molecular weight is 304 g/mol. The number of fused-ring (bicyclic) bond motifs is 1. The van der Waals surface area contributed by atoms with E-state index in [2.05, 4.69) is 37.1 Å². The van der Waals surface area contributed by atoms with Gasteiger partial charge in [-0.2, -0.15) is 0 Å². The van der Waals surface area contributed by atoms with Crippen LogP contribution in [-0.2, 0) is 0 Å². The van der Waals surface area contributed by atoms with Crippen molar-refractivity contribution in [2.75, 3.05) is 7.11 Å². The van der Waals surface area contributed by atoms with Gasteiger partial charge in [0.05, 0.1) is 25.1 Å². The van der Waals surface area contributed by atoms with Crippen molar-refractivity contribution in [3.05, 3.63) is 41.3 Å². The fraction of sp³-hybridized carbons (Fsp3) is 0.0833. The molecular formula is C12H8BrN4O. The van der Waals surface area contributed by atoms with E-state index in [9.17, 15) is 0 Å². The van der Waals surface area contributed by atoms with E-state index >= 15 is 0 Å². The Morgan fingerprint density at radius 1 is 1.44 bits per heavy atom. The zero-order chi connectivity index (χ0) is 12.5. The quantitative estimate of drug-likeness (QED) is 0.729. The standard InChI is InChI=1S/C12H8BrN4O/c1-18-9-5-3-2-4-8(9)12-15-11-6-14-10(13)7-17(11)16-12/h2-3,5-7H,1H3. The lowest BCUT2D eigenvalue weighted by Gasteiger charge is -2.02. The predicted molar refractivity (Wildman–Crippen MR) is 69.3 cm³/mol. The van der Waals surface area contributed by atoms with E-state index in [-0.39, 0.29) is 0 Å². The smallest absolute Gasteiger partial charge is 0.186 e. The number of benzene rings is 1. The second kappa shape index (κ2) is 4.38. The van der Waals surface area contributed by atoms with Gasteiger partial charge < -0.3 is 4.74 Å². The van der Waals surface area contributed by atoms with Crippen LogP contribution in [0.1, 0.15) is 0 Å². The van der Waals surface area contributed by atoms with E-state index in [4.69, 9.17) is 4.74 Å². The zero-order valence-corrected chi connectivity index (χ0v) is 11.0. The third kappa shape index (κ3) is 1.84. The molecule has 2 aromatic heterocycles. The number of aromatic nitrogens is 4. The summed E-state index contributed by atoms with van der Waals surface area (Å²) < 4.78 is 7.64. The maximum absolute atomic E-state index is 5.27. The Bertz CT molecular complexity index is 710. The van der Waals surface area contributed by atoms with Crippen LogP contribution in [0.3, 0.4) is 0 Å². The van der Waals surface area contributed by atoms with Gasteiger partial charge in [-0.25, -0.2) is 14.5 Å². The molecule has 0 aliphatic rings. The SMILES string of the molecule is COc1ccc[c]c1-c1nc2cnc(Br)cn2n1. The van der Waals surface area contributed by atoms with Gasteiger partial charge in [-0.05, 0) is 28.1 Å². The van der Waals surface area contributed by atoms with Crippen LogP contribution in [0.2, 0.25) is 0 Å². The highest BCUT2D eigenvalue weighted by Crippen LogP contribution is 2.26. The van der Waals surface area contributed by atoms with Crippen molar-refractivity contribution in [2.24, 2.45) is 0 Å². The van der Waals surface area contributed by atoms with E-state index in [1.807, 2.05) is 12.1 Å². The monoisotopic (exact) mass is 303 g/mol. The minimum atomic E-state index is 0.562. The first-order valence-corrected chi connectivity index (χ1v) is 6.00. The molecule has 18 heavy (non-hydrogen) atoms. The van der Waals surface area contributed by atoms with Crippen LogP contribution in [-0.4, -0.2) is 26.7 Å². The molecule has 0 aliphatic heterocycles. The van der Waals surface area contributed by atoms with Gasteiger partial charge in [0.15, 0.2) is 11.5 Å². The molecule has 0 saturated heterocycles. The third-order valence-electron chi connectivity index (χ3n) is 2.45. The Kier molecular flexibility index (Phi) is 2.71. The van der Waals surface area contributed by atoms with E-state index < -0.39 is 0 Å². The van der Waals surface area contributed by atoms with Crippen LogP contribution in [0.4, 0.5) is 0 Å². The maximum Gasteiger partial charge on any atom is 0.186 e. The van der Waals surface area contributed by atoms with Crippen LogP contribution in [0.15, 0.2) is 35.2 Å². The highest BCUT2D eigenvalue weighted by Gasteiger charge is 2.11. The van der Waals surface area contributed by atoms with Crippen molar-refractivity contribution in [3.63, 3.8) is 0 Å². The van der Waals surface area contributed by atoms with Crippen LogP contribution in [0, 0.1) is 6.07 Å². The maximum atomic E-state index is 5.27. The number of halogens is 1. The lowest BCUT2D eigenvalue weighted by molar-refractivity contribution is 0.416. The lowest BCUT2D eigenvalue weighted by Crippen LogP contribution is -1.90. The molecule has 1 aromatic carbocycles. The number of hydrogen-bond donors (Lipinski definition) is 0. The molecule has 0 fully saturated rings. The second-order valence-corrected chi connectivity index (χ2v) is 4.37. The number of methoxy groups -OCH3 is 1. The van der Waals surface area contributed by atoms with Crippen LogP contribution in [0.5, 0.6) is 5.75 Å². The first-order chi connectivity index (χ1) is 8.78. The summed E-state index contributed by atoms with van der Waals surface area (Å²) in [4.78, 5) is 8.50. The fourth-order valence-corrected chi connectivity index (χ4v) is 1.94. The van der Waals surface area contributed by atoms with Crippen molar-refractivity contribution in [3.8, 4) is 17.1 Å². The second-order valence-electron chi connectivity index (χ2n) is 3.56. The Labute approximate surface area is 112 Å². The molecule has 0 saturated carbocycles. The van der Waals surface area contributed by atoms with Crippen molar-refractivity contribution >= 4 is 21.6 Å². The summed E-state index contributed by atoms with van der Waals surface area (Å²) in [5, 5.41) is 4.38. The average Bonchev–Trinajstić information content (AvgIpc) is 2.81. The van der Waals surface area contributed by atoms with Crippen LogP contribution >= 0.6 is 15.9 Å². The molecule has 5 nitrogen and oxygen atoms in total. The largest absolute Gasteiger partial charge is 0.496 e. The molecule has 3 aromatic rings. The molecule has 0 bridgehead atoms. The summed E-state index contributed by atoms with van der Waals surface area (Å²) >= 11 is 3.29. The van der Waals surface area contributed by atoms with Gasteiger partial charge in [0.25, 0.3) is 0 Å². The van der Waals surface area contributed by atoms with Crippen molar-refractivity contribution in [1.82, 2.24) is 19.6 Å². The number of ether oxygens (including phenoxy) is 1. The Balaban J connectivity index is 2.19. The van der Waals surface area contributed by atoms with Gasteiger partial charge in [-0.3, -0.25) is 0 Å². The van der Waals surface area contributed by atoms with Crippen LogP contribution in [0.25, 0.3) is 17.0 Å². The van der Waals surface area contributed by atoms with Gasteiger partial charge in [-0.15, -0.1) is 5.10 Å². The molecule has 0 amide bonds. The van der Waals surface area contributed by atoms with Gasteiger partial charge in [0, 0.05) is 0 Å². The normalized spacial score (nSPS) is 10.8. The van der Waals surface area contributed by atoms with Crippen molar-refractivity contribution < 1.29 is 4.74 Å². The number of rotatable bonds is 2. The Hall–Kier alpha value is -1.95.